The number of rotatable bonds is 4. The predicted octanol–water partition coefficient (Wildman–Crippen LogP) is 3.45. The average Bonchev–Trinajstić information content (AvgIpc) is 2.39. The summed E-state index contributed by atoms with van der Waals surface area (Å²) >= 11 is 5.76. The van der Waals surface area contributed by atoms with E-state index in [1.807, 2.05) is 31.2 Å². The van der Waals surface area contributed by atoms with Crippen LogP contribution in [0.2, 0.25) is 5.02 Å². The van der Waals surface area contributed by atoms with Crippen molar-refractivity contribution in [1.82, 2.24) is 4.98 Å². The van der Waals surface area contributed by atoms with Crippen LogP contribution in [0.15, 0.2) is 42.6 Å². The van der Waals surface area contributed by atoms with Crippen LogP contribution in [-0.4, -0.2) is 16.1 Å². The lowest BCUT2D eigenvalue weighted by Crippen LogP contribution is -2.15. The Balaban J connectivity index is 2.23. The highest BCUT2D eigenvalue weighted by molar-refractivity contribution is 6.30. The smallest absolute Gasteiger partial charge is 0.312 e. The van der Waals surface area contributed by atoms with Gasteiger partial charge in [0, 0.05) is 6.20 Å². The van der Waals surface area contributed by atoms with Crippen molar-refractivity contribution in [2.75, 3.05) is 0 Å². The summed E-state index contributed by atoms with van der Waals surface area (Å²) in [5.41, 5.74) is 2.66. The van der Waals surface area contributed by atoms with Crippen LogP contribution in [0.25, 0.3) is 0 Å². The third-order valence-electron chi connectivity index (χ3n) is 2.97. The molecule has 1 heterocycles. The van der Waals surface area contributed by atoms with E-state index in [0.717, 1.165) is 11.1 Å². The summed E-state index contributed by atoms with van der Waals surface area (Å²) in [6, 6.07) is 11.2. The molecule has 0 spiro atoms. The summed E-state index contributed by atoms with van der Waals surface area (Å²) < 4.78 is 0. The molecule has 1 aromatic heterocycles. The maximum Gasteiger partial charge on any atom is 0.312 e. The second-order valence-corrected chi connectivity index (χ2v) is 4.92. The van der Waals surface area contributed by atoms with Gasteiger partial charge in [-0.15, -0.1) is 0 Å². The molecule has 0 aliphatic heterocycles. The van der Waals surface area contributed by atoms with Gasteiger partial charge in [-0.05, 0) is 31.0 Å². The van der Waals surface area contributed by atoms with Crippen LogP contribution in [0.1, 0.15) is 22.7 Å². The Hall–Kier alpha value is -1.87. The van der Waals surface area contributed by atoms with Gasteiger partial charge in [0.15, 0.2) is 0 Å². The zero-order valence-electron chi connectivity index (χ0n) is 10.5. The first kappa shape index (κ1) is 13.6. The van der Waals surface area contributed by atoms with Gasteiger partial charge in [-0.25, -0.2) is 0 Å². The summed E-state index contributed by atoms with van der Waals surface area (Å²) in [7, 11) is 0. The lowest BCUT2D eigenvalue weighted by atomic mass is 9.95. The van der Waals surface area contributed by atoms with E-state index in [4.69, 9.17) is 11.6 Å². The molecule has 2 aromatic rings. The number of nitrogens with zero attached hydrogens (tertiary/aromatic N) is 1. The average molecular weight is 276 g/mol. The van der Waals surface area contributed by atoms with E-state index in [-0.39, 0.29) is 0 Å². The van der Waals surface area contributed by atoms with E-state index in [0.29, 0.717) is 17.1 Å². The minimum absolute atomic E-state index is 0.421. The van der Waals surface area contributed by atoms with E-state index < -0.39 is 11.9 Å². The van der Waals surface area contributed by atoms with Crippen LogP contribution < -0.4 is 0 Å². The maximum absolute atomic E-state index is 11.4. The minimum Gasteiger partial charge on any atom is -0.481 e. The predicted molar refractivity (Wildman–Crippen MR) is 74.5 cm³/mol. The first-order valence-corrected chi connectivity index (χ1v) is 6.34. The monoisotopic (exact) mass is 275 g/mol. The number of carbonyl (C=O) groups is 1. The summed E-state index contributed by atoms with van der Waals surface area (Å²) in [4.78, 5) is 15.5. The molecular formula is C15H14ClNO2. The molecule has 4 heteroatoms. The van der Waals surface area contributed by atoms with Crippen LogP contribution in [0.4, 0.5) is 0 Å². The summed E-state index contributed by atoms with van der Waals surface area (Å²) in [5.74, 6) is -1.53. The molecule has 0 aliphatic carbocycles. The molecule has 2 rings (SSSR count). The topological polar surface area (TPSA) is 50.2 Å². The second-order valence-electron chi connectivity index (χ2n) is 4.48. The number of carboxylic acids is 1. The fourth-order valence-electron chi connectivity index (χ4n) is 1.87. The lowest BCUT2D eigenvalue weighted by molar-refractivity contribution is -0.138. The molecule has 98 valence electrons. The quantitative estimate of drug-likeness (QED) is 0.930. The number of carboxylic acid groups (broad SMARTS) is 1. The van der Waals surface area contributed by atoms with Crippen molar-refractivity contribution in [1.29, 1.82) is 0 Å². The number of benzene rings is 1. The number of hydrogen-bond donors (Lipinski definition) is 1. The Labute approximate surface area is 116 Å². The van der Waals surface area contributed by atoms with E-state index >= 15 is 0 Å². The molecule has 0 saturated heterocycles. The van der Waals surface area contributed by atoms with Crippen LogP contribution in [0.3, 0.4) is 0 Å². The van der Waals surface area contributed by atoms with Crippen molar-refractivity contribution in [2.24, 2.45) is 0 Å². The van der Waals surface area contributed by atoms with E-state index in [2.05, 4.69) is 4.98 Å². The van der Waals surface area contributed by atoms with Crippen LogP contribution in [0, 0.1) is 6.92 Å². The molecular weight excluding hydrogens is 262 g/mol. The van der Waals surface area contributed by atoms with Crippen molar-refractivity contribution in [3.05, 3.63) is 64.4 Å². The molecule has 1 atom stereocenters. The molecule has 0 bridgehead atoms. The number of pyridine rings is 1. The second kappa shape index (κ2) is 5.85. The maximum atomic E-state index is 11.4. The zero-order chi connectivity index (χ0) is 13.8. The summed E-state index contributed by atoms with van der Waals surface area (Å²) in [6.07, 6.45) is 1.90. The number of aromatic nitrogens is 1. The van der Waals surface area contributed by atoms with Gasteiger partial charge in [0.1, 0.15) is 5.92 Å². The molecule has 1 aromatic carbocycles. The van der Waals surface area contributed by atoms with Gasteiger partial charge in [0.2, 0.25) is 0 Å². The molecule has 0 fully saturated rings. The van der Waals surface area contributed by atoms with Gasteiger partial charge in [-0.3, -0.25) is 9.78 Å². The minimum atomic E-state index is -0.879. The van der Waals surface area contributed by atoms with Gasteiger partial charge < -0.3 is 5.11 Å². The molecule has 0 aliphatic rings. The first-order valence-electron chi connectivity index (χ1n) is 5.96. The van der Waals surface area contributed by atoms with E-state index in [1.165, 1.54) is 6.20 Å². The van der Waals surface area contributed by atoms with Gasteiger partial charge in [0.25, 0.3) is 0 Å². The van der Waals surface area contributed by atoms with Gasteiger partial charge in [0.05, 0.1) is 10.7 Å². The van der Waals surface area contributed by atoms with Crippen molar-refractivity contribution in [3.63, 3.8) is 0 Å². The van der Waals surface area contributed by atoms with Crippen LogP contribution in [0.5, 0.6) is 0 Å². The van der Waals surface area contributed by atoms with Crippen molar-refractivity contribution >= 4 is 17.6 Å². The molecule has 0 amide bonds. The Bertz CT molecular complexity index is 564. The molecule has 19 heavy (non-hydrogen) atoms. The van der Waals surface area contributed by atoms with Crippen LogP contribution in [-0.2, 0) is 11.2 Å². The highest BCUT2D eigenvalue weighted by atomic mass is 35.5. The van der Waals surface area contributed by atoms with Crippen molar-refractivity contribution in [2.45, 2.75) is 19.3 Å². The van der Waals surface area contributed by atoms with E-state index in [1.54, 1.807) is 12.1 Å². The first-order chi connectivity index (χ1) is 9.06. The number of hydrogen-bond acceptors (Lipinski definition) is 2. The Kier molecular flexibility index (Phi) is 4.17. The third kappa shape index (κ3) is 3.55. The van der Waals surface area contributed by atoms with Crippen LogP contribution >= 0.6 is 11.6 Å². The molecule has 1 unspecified atom stereocenters. The third-order valence-corrected chi connectivity index (χ3v) is 3.19. The van der Waals surface area contributed by atoms with Crippen molar-refractivity contribution < 1.29 is 9.90 Å². The highest BCUT2D eigenvalue weighted by Crippen LogP contribution is 2.21. The standard InChI is InChI=1S/C15H14ClNO2/c1-10-2-4-11(5-3-10)8-13(15(18)19)14-7-6-12(16)9-17-14/h2-7,9,13H,8H2,1H3,(H,18,19). The molecule has 1 N–H and O–H groups in total. The fraction of sp³-hybridized carbons (Fsp3) is 0.200. The largest absolute Gasteiger partial charge is 0.481 e. The molecule has 0 radical (unpaired) electrons. The van der Waals surface area contributed by atoms with Gasteiger partial charge in [-0.2, -0.15) is 0 Å². The normalized spacial score (nSPS) is 12.1. The SMILES string of the molecule is Cc1ccc(CC(C(=O)O)c2ccc(Cl)cn2)cc1. The van der Waals surface area contributed by atoms with Gasteiger partial charge >= 0.3 is 5.97 Å². The number of aliphatic carboxylic acids is 1. The fourth-order valence-corrected chi connectivity index (χ4v) is 1.98. The Morgan fingerprint density at radius 1 is 1.26 bits per heavy atom. The summed E-state index contributed by atoms with van der Waals surface area (Å²) in [5, 5.41) is 9.84. The lowest BCUT2D eigenvalue weighted by Gasteiger charge is -2.12. The molecule has 0 saturated carbocycles. The van der Waals surface area contributed by atoms with E-state index in [9.17, 15) is 9.90 Å². The van der Waals surface area contributed by atoms with Crippen molar-refractivity contribution in [3.8, 4) is 0 Å². The molecule has 3 nitrogen and oxygen atoms in total. The number of halogens is 1. The highest BCUT2D eigenvalue weighted by Gasteiger charge is 2.21. The number of aryl methyl sites for hydroxylation is 1. The summed E-state index contributed by atoms with van der Waals surface area (Å²) in [6.45, 7) is 2.00. The van der Waals surface area contributed by atoms with Gasteiger partial charge in [-0.1, -0.05) is 41.4 Å². The Morgan fingerprint density at radius 3 is 2.47 bits per heavy atom. The zero-order valence-corrected chi connectivity index (χ0v) is 11.3. The Morgan fingerprint density at radius 2 is 1.95 bits per heavy atom.